The molecule has 86 valence electrons. The molecule has 2 aromatic rings. The zero-order chi connectivity index (χ0) is 11.8. The van der Waals surface area contributed by atoms with E-state index in [-0.39, 0.29) is 11.9 Å². The Morgan fingerprint density at radius 2 is 2.00 bits per heavy atom. The van der Waals surface area contributed by atoms with Gasteiger partial charge in [0.25, 0.3) is 0 Å². The van der Waals surface area contributed by atoms with Crippen LogP contribution < -0.4 is 5.32 Å². The molecular weight excluding hydrogens is 213 g/mol. The summed E-state index contributed by atoms with van der Waals surface area (Å²) in [6, 6.07) is 13.7. The molecule has 2 aromatic carbocycles. The Balaban J connectivity index is 2.06. The molecule has 0 bridgehead atoms. The van der Waals surface area contributed by atoms with Crippen LogP contribution >= 0.6 is 0 Å². The third-order valence-electron chi connectivity index (χ3n) is 3.26. The van der Waals surface area contributed by atoms with Crippen molar-refractivity contribution in [3.63, 3.8) is 0 Å². The van der Waals surface area contributed by atoms with E-state index in [1.807, 2.05) is 25.1 Å². The topological polar surface area (TPSA) is 12.0 Å². The minimum absolute atomic E-state index is 0.126. The first-order valence-corrected chi connectivity index (χ1v) is 5.82. The monoisotopic (exact) mass is 227 g/mol. The van der Waals surface area contributed by atoms with Crippen LogP contribution in [0.1, 0.15) is 28.3 Å². The van der Waals surface area contributed by atoms with E-state index in [9.17, 15) is 4.39 Å². The lowest BCUT2D eigenvalue weighted by Gasteiger charge is -2.13. The van der Waals surface area contributed by atoms with Gasteiger partial charge in [-0.05, 0) is 41.3 Å². The molecule has 0 fully saturated rings. The van der Waals surface area contributed by atoms with Crippen molar-refractivity contribution in [3.05, 3.63) is 70.5 Å². The van der Waals surface area contributed by atoms with Crippen molar-refractivity contribution in [1.82, 2.24) is 5.32 Å². The predicted octanol–water partition coefficient (Wildman–Crippen LogP) is 3.33. The summed E-state index contributed by atoms with van der Waals surface area (Å²) in [6.45, 7) is 2.78. The van der Waals surface area contributed by atoms with E-state index < -0.39 is 0 Å². The molecule has 3 rings (SSSR count). The molecule has 1 aliphatic rings. The van der Waals surface area contributed by atoms with Crippen LogP contribution in [0.2, 0.25) is 0 Å². The van der Waals surface area contributed by atoms with Gasteiger partial charge in [-0.3, -0.25) is 0 Å². The Hall–Kier alpha value is -1.67. The minimum Gasteiger partial charge on any atom is -0.302 e. The molecule has 1 atom stereocenters. The number of rotatable bonds is 1. The zero-order valence-electron chi connectivity index (χ0n) is 9.70. The van der Waals surface area contributed by atoms with Crippen LogP contribution in [0.4, 0.5) is 4.39 Å². The Bertz CT molecular complexity index is 542. The molecular formula is C15H14FN. The number of halogens is 1. The van der Waals surface area contributed by atoms with Gasteiger partial charge in [-0.2, -0.15) is 0 Å². The lowest BCUT2D eigenvalue weighted by molar-refractivity contribution is 0.613. The van der Waals surface area contributed by atoms with Crippen LogP contribution in [-0.2, 0) is 6.54 Å². The zero-order valence-corrected chi connectivity index (χ0v) is 9.70. The molecule has 1 aliphatic heterocycles. The van der Waals surface area contributed by atoms with Crippen LogP contribution in [0.3, 0.4) is 0 Å². The standard InChI is InChI=1S/C15H14FN/c1-10-6-12(8-13(16)7-10)15-14-5-3-2-4-11(14)9-17-15/h2-8,15,17H,9H2,1H3. The van der Waals surface area contributed by atoms with Crippen LogP contribution in [0.5, 0.6) is 0 Å². The first-order chi connectivity index (χ1) is 8.24. The Morgan fingerprint density at radius 1 is 1.18 bits per heavy atom. The number of hydrogen-bond donors (Lipinski definition) is 1. The minimum atomic E-state index is -0.161. The van der Waals surface area contributed by atoms with Gasteiger partial charge in [0.2, 0.25) is 0 Å². The maximum atomic E-state index is 13.4. The SMILES string of the molecule is Cc1cc(F)cc(C2NCc3ccccc32)c1. The van der Waals surface area contributed by atoms with Crippen molar-refractivity contribution >= 4 is 0 Å². The highest BCUT2D eigenvalue weighted by atomic mass is 19.1. The first kappa shape index (κ1) is 10.5. The number of fused-ring (bicyclic) bond motifs is 1. The fraction of sp³-hybridized carbons (Fsp3) is 0.200. The summed E-state index contributed by atoms with van der Waals surface area (Å²) in [6.07, 6.45) is 0. The number of aryl methyl sites for hydroxylation is 1. The molecule has 0 aliphatic carbocycles. The molecule has 2 heteroatoms. The molecule has 1 N–H and O–H groups in total. The second-order valence-corrected chi connectivity index (χ2v) is 4.57. The third-order valence-corrected chi connectivity index (χ3v) is 3.26. The maximum Gasteiger partial charge on any atom is 0.123 e. The predicted molar refractivity (Wildman–Crippen MR) is 66.3 cm³/mol. The Morgan fingerprint density at radius 3 is 2.82 bits per heavy atom. The van der Waals surface area contributed by atoms with E-state index >= 15 is 0 Å². The van der Waals surface area contributed by atoms with Crippen molar-refractivity contribution in [3.8, 4) is 0 Å². The molecule has 1 heterocycles. The van der Waals surface area contributed by atoms with Crippen LogP contribution in [0.15, 0.2) is 42.5 Å². The first-order valence-electron chi connectivity index (χ1n) is 5.82. The highest BCUT2D eigenvalue weighted by Crippen LogP contribution is 2.31. The van der Waals surface area contributed by atoms with Crippen molar-refractivity contribution < 1.29 is 4.39 Å². The van der Waals surface area contributed by atoms with Crippen LogP contribution in [-0.4, -0.2) is 0 Å². The lowest BCUT2D eigenvalue weighted by atomic mass is 9.97. The summed E-state index contributed by atoms with van der Waals surface area (Å²) in [4.78, 5) is 0. The Labute approximate surface area is 100 Å². The molecule has 0 saturated heterocycles. The van der Waals surface area contributed by atoms with E-state index in [0.717, 1.165) is 17.7 Å². The van der Waals surface area contributed by atoms with Crippen molar-refractivity contribution in [2.24, 2.45) is 0 Å². The highest BCUT2D eigenvalue weighted by molar-refractivity contribution is 5.41. The van der Waals surface area contributed by atoms with Crippen molar-refractivity contribution in [1.29, 1.82) is 0 Å². The normalized spacial score (nSPS) is 18.1. The largest absolute Gasteiger partial charge is 0.302 e. The van der Waals surface area contributed by atoms with E-state index in [4.69, 9.17) is 0 Å². The van der Waals surface area contributed by atoms with Crippen LogP contribution in [0, 0.1) is 12.7 Å². The fourth-order valence-corrected chi connectivity index (χ4v) is 2.53. The Kier molecular flexibility index (Phi) is 2.45. The summed E-state index contributed by atoms with van der Waals surface area (Å²) in [5.41, 5.74) is 4.54. The third kappa shape index (κ3) is 1.85. The van der Waals surface area contributed by atoms with Crippen LogP contribution in [0.25, 0.3) is 0 Å². The van der Waals surface area contributed by atoms with Gasteiger partial charge < -0.3 is 5.32 Å². The van der Waals surface area contributed by atoms with Gasteiger partial charge in [0.05, 0.1) is 6.04 Å². The second-order valence-electron chi connectivity index (χ2n) is 4.57. The van der Waals surface area contributed by atoms with E-state index in [1.165, 1.54) is 11.1 Å². The summed E-state index contributed by atoms with van der Waals surface area (Å²) in [5.74, 6) is -0.161. The summed E-state index contributed by atoms with van der Waals surface area (Å²) in [5, 5.41) is 3.43. The van der Waals surface area contributed by atoms with Gasteiger partial charge in [-0.25, -0.2) is 4.39 Å². The molecule has 0 saturated carbocycles. The molecule has 1 unspecified atom stereocenters. The van der Waals surface area contributed by atoms with Gasteiger partial charge in [0.1, 0.15) is 5.82 Å². The lowest BCUT2D eigenvalue weighted by Crippen LogP contribution is -2.13. The average Bonchev–Trinajstić information content (AvgIpc) is 2.71. The number of hydrogen-bond acceptors (Lipinski definition) is 1. The molecule has 0 radical (unpaired) electrons. The van der Waals surface area contributed by atoms with Crippen molar-refractivity contribution in [2.75, 3.05) is 0 Å². The summed E-state index contributed by atoms with van der Waals surface area (Å²) < 4.78 is 13.4. The molecule has 0 aromatic heterocycles. The molecule has 0 spiro atoms. The van der Waals surface area contributed by atoms with Gasteiger partial charge in [0.15, 0.2) is 0 Å². The number of benzene rings is 2. The fourth-order valence-electron chi connectivity index (χ4n) is 2.53. The van der Waals surface area contributed by atoms with Crippen molar-refractivity contribution in [2.45, 2.75) is 19.5 Å². The smallest absolute Gasteiger partial charge is 0.123 e. The highest BCUT2D eigenvalue weighted by Gasteiger charge is 2.23. The quantitative estimate of drug-likeness (QED) is 0.788. The van der Waals surface area contributed by atoms with E-state index in [2.05, 4.69) is 17.4 Å². The maximum absolute atomic E-state index is 13.4. The second kappa shape index (κ2) is 3.97. The van der Waals surface area contributed by atoms with Gasteiger partial charge in [0, 0.05) is 6.54 Å². The molecule has 1 nitrogen and oxygen atoms in total. The van der Waals surface area contributed by atoms with Gasteiger partial charge in [-0.15, -0.1) is 0 Å². The molecule has 0 amide bonds. The van der Waals surface area contributed by atoms with E-state index in [1.54, 1.807) is 12.1 Å². The molecule has 17 heavy (non-hydrogen) atoms. The van der Waals surface area contributed by atoms with Gasteiger partial charge >= 0.3 is 0 Å². The summed E-state index contributed by atoms with van der Waals surface area (Å²) >= 11 is 0. The van der Waals surface area contributed by atoms with E-state index in [0.29, 0.717) is 0 Å². The van der Waals surface area contributed by atoms with Gasteiger partial charge in [-0.1, -0.05) is 30.3 Å². The average molecular weight is 227 g/mol. The summed E-state index contributed by atoms with van der Waals surface area (Å²) in [7, 11) is 0. The number of nitrogens with one attached hydrogen (secondary N) is 1.